The topological polar surface area (TPSA) is 25.8 Å². The lowest BCUT2D eigenvalue weighted by Crippen LogP contribution is -1.94. The zero-order chi connectivity index (χ0) is 14.7. The zero-order valence-corrected chi connectivity index (χ0v) is 12.4. The van der Waals surface area contributed by atoms with E-state index in [1.165, 1.54) is 16.7 Å². The summed E-state index contributed by atoms with van der Waals surface area (Å²) in [6, 6.07) is 16.9. The van der Waals surface area contributed by atoms with Crippen molar-refractivity contribution in [2.45, 2.75) is 20.3 Å². The van der Waals surface area contributed by atoms with Gasteiger partial charge in [-0.05, 0) is 25.0 Å². The molecule has 0 amide bonds. The van der Waals surface area contributed by atoms with Crippen LogP contribution >= 0.6 is 0 Å². The number of nitrogens with zero attached hydrogens (tertiary/aromatic N) is 2. The molecule has 0 aliphatic carbocycles. The summed E-state index contributed by atoms with van der Waals surface area (Å²) in [7, 11) is 0. The van der Waals surface area contributed by atoms with E-state index in [1.807, 2.05) is 12.4 Å². The van der Waals surface area contributed by atoms with Crippen LogP contribution in [0.25, 0.3) is 11.4 Å². The highest BCUT2D eigenvalue weighted by molar-refractivity contribution is 5.55. The van der Waals surface area contributed by atoms with Crippen LogP contribution in [0.5, 0.6) is 0 Å². The van der Waals surface area contributed by atoms with Gasteiger partial charge in [0.15, 0.2) is 5.82 Å². The molecule has 3 aromatic rings. The van der Waals surface area contributed by atoms with Gasteiger partial charge < -0.3 is 0 Å². The molecule has 2 aromatic carbocycles. The first-order valence-corrected chi connectivity index (χ1v) is 7.14. The molecule has 0 unspecified atom stereocenters. The molecule has 0 N–H and O–H groups in total. The van der Waals surface area contributed by atoms with Crippen molar-refractivity contribution >= 4 is 0 Å². The molecule has 2 heteroatoms. The van der Waals surface area contributed by atoms with Gasteiger partial charge in [-0.3, -0.25) is 0 Å². The fourth-order valence-corrected chi connectivity index (χ4v) is 2.24. The molecule has 0 saturated carbocycles. The zero-order valence-electron chi connectivity index (χ0n) is 12.4. The van der Waals surface area contributed by atoms with E-state index < -0.39 is 0 Å². The van der Waals surface area contributed by atoms with Gasteiger partial charge in [-0.15, -0.1) is 0 Å². The molecule has 21 heavy (non-hydrogen) atoms. The minimum Gasteiger partial charge on any atom is -0.236 e. The minimum absolute atomic E-state index is 0.780. The van der Waals surface area contributed by atoms with E-state index in [9.17, 15) is 0 Å². The van der Waals surface area contributed by atoms with Crippen LogP contribution < -0.4 is 0 Å². The lowest BCUT2D eigenvalue weighted by molar-refractivity contribution is 1.08. The third-order valence-corrected chi connectivity index (χ3v) is 3.54. The van der Waals surface area contributed by atoms with E-state index in [-0.39, 0.29) is 0 Å². The molecule has 2 nitrogen and oxygen atoms in total. The summed E-state index contributed by atoms with van der Waals surface area (Å²) in [5, 5.41) is 0. The van der Waals surface area contributed by atoms with Crippen LogP contribution in [0.3, 0.4) is 0 Å². The molecule has 104 valence electrons. The van der Waals surface area contributed by atoms with Gasteiger partial charge in [-0.25, -0.2) is 9.97 Å². The molecular weight excluding hydrogens is 256 g/mol. The monoisotopic (exact) mass is 274 g/mol. The van der Waals surface area contributed by atoms with Gasteiger partial charge in [0.05, 0.1) is 0 Å². The van der Waals surface area contributed by atoms with E-state index in [0.717, 1.165) is 23.4 Å². The Morgan fingerprint density at radius 3 is 1.76 bits per heavy atom. The number of hydrogen-bond donors (Lipinski definition) is 0. The van der Waals surface area contributed by atoms with Crippen LogP contribution in [-0.2, 0) is 6.42 Å². The molecular formula is C19H18N2. The summed E-state index contributed by atoms with van der Waals surface area (Å²) >= 11 is 0. The van der Waals surface area contributed by atoms with Crippen molar-refractivity contribution in [3.8, 4) is 11.4 Å². The quantitative estimate of drug-likeness (QED) is 0.709. The second-order valence-corrected chi connectivity index (χ2v) is 5.44. The third-order valence-electron chi connectivity index (χ3n) is 3.54. The van der Waals surface area contributed by atoms with Crippen molar-refractivity contribution in [3.63, 3.8) is 0 Å². The van der Waals surface area contributed by atoms with Crippen molar-refractivity contribution in [2.24, 2.45) is 0 Å². The van der Waals surface area contributed by atoms with E-state index >= 15 is 0 Å². The van der Waals surface area contributed by atoms with Gasteiger partial charge in [0.25, 0.3) is 0 Å². The van der Waals surface area contributed by atoms with Crippen molar-refractivity contribution in [1.82, 2.24) is 9.97 Å². The van der Waals surface area contributed by atoms with Gasteiger partial charge in [0.1, 0.15) is 0 Å². The van der Waals surface area contributed by atoms with Crippen LogP contribution in [0.1, 0.15) is 22.3 Å². The fourth-order valence-electron chi connectivity index (χ4n) is 2.24. The smallest absolute Gasteiger partial charge is 0.159 e. The summed E-state index contributed by atoms with van der Waals surface area (Å²) in [6.07, 6.45) is 4.71. The maximum absolute atomic E-state index is 4.48. The summed E-state index contributed by atoms with van der Waals surface area (Å²) < 4.78 is 0. The molecule has 1 aromatic heterocycles. The Hall–Kier alpha value is -2.48. The van der Waals surface area contributed by atoms with E-state index in [4.69, 9.17) is 0 Å². The molecule has 0 spiro atoms. The number of hydrogen-bond acceptors (Lipinski definition) is 2. The lowest BCUT2D eigenvalue weighted by Gasteiger charge is -2.04. The molecule has 0 aliphatic rings. The summed E-state index contributed by atoms with van der Waals surface area (Å²) in [6.45, 7) is 4.18. The van der Waals surface area contributed by atoms with Crippen LogP contribution in [-0.4, -0.2) is 9.97 Å². The van der Waals surface area contributed by atoms with Crippen LogP contribution in [0.2, 0.25) is 0 Å². The fraction of sp³-hybridized carbons (Fsp3) is 0.158. The highest BCUT2D eigenvalue weighted by atomic mass is 14.9. The third kappa shape index (κ3) is 3.34. The largest absolute Gasteiger partial charge is 0.236 e. The Labute approximate surface area is 125 Å². The summed E-state index contributed by atoms with van der Waals surface area (Å²) in [4.78, 5) is 8.96. The van der Waals surface area contributed by atoms with Crippen molar-refractivity contribution in [3.05, 3.63) is 83.2 Å². The molecule has 1 heterocycles. The average molecular weight is 274 g/mol. The van der Waals surface area contributed by atoms with Gasteiger partial charge in [-0.2, -0.15) is 0 Å². The number of rotatable bonds is 3. The second-order valence-electron chi connectivity index (χ2n) is 5.44. The van der Waals surface area contributed by atoms with Crippen LogP contribution in [0, 0.1) is 13.8 Å². The van der Waals surface area contributed by atoms with Gasteiger partial charge >= 0.3 is 0 Å². The Kier molecular flexibility index (Phi) is 3.78. The summed E-state index contributed by atoms with van der Waals surface area (Å²) in [5.41, 5.74) is 6.00. The molecule has 3 rings (SSSR count). The Balaban J connectivity index is 1.77. The first kappa shape index (κ1) is 13.5. The van der Waals surface area contributed by atoms with Crippen LogP contribution in [0.15, 0.2) is 60.9 Å². The summed E-state index contributed by atoms with van der Waals surface area (Å²) in [5.74, 6) is 0.780. The number of aromatic nitrogens is 2. The maximum atomic E-state index is 4.48. The maximum Gasteiger partial charge on any atom is 0.159 e. The first-order valence-electron chi connectivity index (χ1n) is 7.14. The van der Waals surface area contributed by atoms with Crippen molar-refractivity contribution < 1.29 is 0 Å². The molecule has 0 atom stereocenters. The molecule has 0 aliphatic heterocycles. The molecule has 0 saturated heterocycles. The molecule has 0 bridgehead atoms. The van der Waals surface area contributed by atoms with E-state index in [2.05, 4.69) is 72.3 Å². The SMILES string of the molecule is Cc1ccc(Cc2cnc(-c3ccc(C)cc3)nc2)cc1. The van der Waals surface area contributed by atoms with Gasteiger partial charge in [-0.1, -0.05) is 59.7 Å². The molecule has 0 radical (unpaired) electrons. The second kappa shape index (κ2) is 5.88. The minimum atomic E-state index is 0.780. The molecule has 0 fully saturated rings. The van der Waals surface area contributed by atoms with E-state index in [1.54, 1.807) is 0 Å². The predicted molar refractivity (Wildman–Crippen MR) is 86.2 cm³/mol. The van der Waals surface area contributed by atoms with Crippen molar-refractivity contribution in [1.29, 1.82) is 0 Å². The number of aryl methyl sites for hydroxylation is 2. The van der Waals surface area contributed by atoms with Gasteiger partial charge in [0, 0.05) is 24.4 Å². The highest BCUT2D eigenvalue weighted by Crippen LogP contribution is 2.16. The number of benzene rings is 2. The highest BCUT2D eigenvalue weighted by Gasteiger charge is 2.02. The first-order chi connectivity index (χ1) is 10.2. The normalized spacial score (nSPS) is 10.6. The van der Waals surface area contributed by atoms with Crippen molar-refractivity contribution in [2.75, 3.05) is 0 Å². The van der Waals surface area contributed by atoms with Crippen LogP contribution in [0.4, 0.5) is 0 Å². The predicted octanol–water partition coefficient (Wildman–Crippen LogP) is 4.35. The van der Waals surface area contributed by atoms with E-state index in [0.29, 0.717) is 0 Å². The lowest BCUT2D eigenvalue weighted by atomic mass is 10.1. The average Bonchev–Trinajstić information content (AvgIpc) is 2.51. The Bertz CT molecular complexity index is 711. The Morgan fingerprint density at radius 2 is 1.19 bits per heavy atom. The standard InChI is InChI=1S/C19H18N2/c1-14-3-7-16(8-4-14)11-17-12-20-19(21-13-17)18-9-5-15(2)6-10-18/h3-10,12-13H,11H2,1-2H3. The Morgan fingerprint density at radius 1 is 0.667 bits per heavy atom. The van der Waals surface area contributed by atoms with Gasteiger partial charge in [0.2, 0.25) is 0 Å².